The summed E-state index contributed by atoms with van der Waals surface area (Å²) in [7, 11) is 0. The smallest absolute Gasteiger partial charge is 0.145 e. The van der Waals surface area contributed by atoms with Gasteiger partial charge in [0.05, 0.1) is 5.52 Å². The molecule has 3 heteroatoms. The van der Waals surface area contributed by atoms with Gasteiger partial charge in [0.25, 0.3) is 0 Å². The Morgan fingerprint density at radius 1 is 0.523 bits per heavy atom. The maximum Gasteiger partial charge on any atom is 0.145 e. The highest BCUT2D eigenvalue weighted by atomic mass is 32.1. The van der Waals surface area contributed by atoms with Crippen molar-refractivity contribution < 1.29 is 0 Å². The van der Waals surface area contributed by atoms with Crippen molar-refractivity contribution in [1.82, 2.24) is 9.38 Å². The van der Waals surface area contributed by atoms with Gasteiger partial charge < -0.3 is 0 Å². The van der Waals surface area contributed by atoms with E-state index in [0.717, 1.165) is 5.65 Å². The second-order valence-corrected chi connectivity index (χ2v) is 12.8. The molecule has 0 saturated carbocycles. The summed E-state index contributed by atoms with van der Waals surface area (Å²) in [4.78, 5) is 4.64. The lowest BCUT2D eigenvalue weighted by Crippen LogP contribution is -1.92. The Labute approximate surface area is 259 Å². The topological polar surface area (TPSA) is 17.3 Å². The van der Waals surface area contributed by atoms with Crippen molar-refractivity contribution in [1.29, 1.82) is 0 Å². The van der Waals surface area contributed by atoms with Crippen molar-refractivity contribution in [3.05, 3.63) is 145 Å². The molecule has 0 radical (unpaired) electrons. The van der Waals surface area contributed by atoms with Gasteiger partial charge in [-0.1, -0.05) is 103 Å². The zero-order valence-electron chi connectivity index (χ0n) is 24.5. The van der Waals surface area contributed by atoms with E-state index in [-0.39, 0.29) is 0 Å². The van der Waals surface area contributed by atoms with Gasteiger partial charge in [-0.25, -0.2) is 4.98 Å². The molecule has 0 amide bonds. The Kier molecular flexibility index (Phi) is 5.53. The van der Waals surface area contributed by atoms with Gasteiger partial charge in [0.2, 0.25) is 0 Å². The molecule has 3 aromatic heterocycles. The first-order valence-electron chi connectivity index (χ1n) is 15.0. The standard InChI is InChI=1S/C41H28N2S/c1-25-22-27(28-16-19-38-37(24-28)33-8-3-4-10-36(33)41-42-20-21-43(38)41)14-17-30(25)31-18-15-29(23-26(31)2)32-11-7-12-35-34-9-5-6-13-39(34)44-40(32)35/h3-24H,1-2H3. The number of aryl methyl sites for hydroxylation is 2. The van der Waals surface area contributed by atoms with E-state index in [4.69, 9.17) is 0 Å². The second-order valence-electron chi connectivity index (χ2n) is 11.7. The summed E-state index contributed by atoms with van der Waals surface area (Å²) in [5, 5.41) is 6.33. The molecule has 0 bridgehead atoms. The average molecular weight is 581 g/mol. The van der Waals surface area contributed by atoms with Crippen LogP contribution in [0.5, 0.6) is 0 Å². The van der Waals surface area contributed by atoms with Crippen LogP contribution in [0.3, 0.4) is 0 Å². The molecule has 0 saturated heterocycles. The van der Waals surface area contributed by atoms with Gasteiger partial charge in [0.15, 0.2) is 0 Å². The molecule has 0 spiro atoms. The molecule has 3 heterocycles. The maximum atomic E-state index is 4.64. The van der Waals surface area contributed by atoms with Crippen LogP contribution in [0.4, 0.5) is 0 Å². The van der Waals surface area contributed by atoms with Gasteiger partial charge in [-0.3, -0.25) is 4.40 Å². The zero-order valence-corrected chi connectivity index (χ0v) is 25.3. The van der Waals surface area contributed by atoms with Crippen LogP contribution in [0.1, 0.15) is 11.1 Å². The second kappa shape index (κ2) is 9.63. The highest BCUT2D eigenvalue weighted by molar-refractivity contribution is 7.26. The van der Waals surface area contributed by atoms with E-state index in [1.807, 2.05) is 17.5 Å². The molecule has 0 aliphatic rings. The third kappa shape index (κ3) is 3.76. The number of imidazole rings is 1. The fourth-order valence-corrected chi connectivity index (χ4v) is 8.24. The SMILES string of the molecule is Cc1cc(-c2ccc3c(c2)c2ccccc2c2nccn32)ccc1-c1ccc(-c2cccc3c2sc2ccccc23)cc1C. The molecule has 9 rings (SSSR count). The number of nitrogens with zero attached hydrogens (tertiary/aromatic N) is 2. The summed E-state index contributed by atoms with van der Waals surface area (Å²) < 4.78 is 4.90. The van der Waals surface area contributed by atoms with Gasteiger partial charge >= 0.3 is 0 Å². The molecule has 44 heavy (non-hydrogen) atoms. The molecule has 0 fully saturated rings. The van der Waals surface area contributed by atoms with E-state index in [9.17, 15) is 0 Å². The van der Waals surface area contributed by atoms with E-state index in [1.165, 1.54) is 86.4 Å². The number of hydrogen-bond donors (Lipinski definition) is 0. The number of hydrogen-bond acceptors (Lipinski definition) is 2. The minimum absolute atomic E-state index is 1.00. The number of benzene rings is 6. The molecule has 0 N–H and O–H groups in total. The highest BCUT2D eigenvalue weighted by Gasteiger charge is 2.14. The summed E-state index contributed by atoms with van der Waals surface area (Å²) in [5.74, 6) is 0. The first-order chi connectivity index (χ1) is 21.6. The molecule has 208 valence electrons. The molecule has 0 aliphatic heterocycles. The van der Waals surface area contributed by atoms with Crippen LogP contribution in [0, 0.1) is 13.8 Å². The zero-order chi connectivity index (χ0) is 29.4. The Hall–Kier alpha value is -5.25. The van der Waals surface area contributed by atoms with Gasteiger partial charge in [-0.05, 0) is 81.9 Å². The number of fused-ring (bicyclic) bond motifs is 9. The minimum Gasteiger partial charge on any atom is -0.299 e. The average Bonchev–Trinajstić information content (AvgIpc) is 3.71. The van der Waals surface area contributed by atoms with Gasteiger partial charge in [0.1, 0.15) is 5.65 Å². The predicted molar refractivity (Wildman–Crippen MR) is 189 cm³/mol. The predicted octanol–water partition coefficient (Wildman–Crippen LogP) is 11.6. The summed E-state index contributed by atoms with van der Waals surface area (Å²) in [6, 6.07) is 44.6. The van der Waals surface area contributed by atoms with Crippen molar-refractivity contribution in [3.63, 3.8) is 0 Å². The molecular weight excluding hydrogens is 553 g/mol. The summed E-state index contributed by atoms with van der Waals surface area (Å²) in [5.41, 5.74) is 12.3. The fourth-order valence-electron chi connectivity index (χ4n) is 7.00. The van der Waals surface area contributed by atoms with E-state index in [2.05, 4.69) is 151 Å². The van der Waals surface area contributed by atoms with Crippen LogP contribution < -0.4 is 0 Å². The molecule has 0 atom stereocenters. The third-order valence-electron chi connectivity index (χ3n) is 9.15. The van der Waals surface area contributed by atoms with Gasteiger partial charge in [-0.2, -0.15) is 0 Å². The van der Waals surface area contributed by atoms with Crippen LogP contribution in [0.15, 0.2) is 134 Å². The fraction of sp³-hybridized carbons (Fsp3) is 0.0488. The lowest BCUT2D eigenvalue weighted by molar-refractivity contribution is 1.27. The Morgan fingerprint density at radius 3 is 2.00 bits per heavy atom. The molecule has 0 unspecified atom stereocenters. The van der Waals surface area contributed by atoms with Crippen LogP contribution in [-0.4, -0.2) is 9.38 Å². The quantitative estimate of drug-likeness (QED) is 0.190. The monoisotopic (exact) mass is 580 g/mol. The third-order valence-corrected chi connectivity index (χ3v) is 10.4. The van der Waals surface area contributed by atoms with Gasteiger partial charge in [-0.15, -0.1) is 11.3 Å². The normalized spacial score (nSPS) is 11.9. The summed E-state index contributed by atoms with van der Waals surface area (Å²) in [6.07, 6.45) is 3.94. The number of pyridine rings is 1. The van der Waals surface area contributed by atoms with Crippen molar-refractivity contribution in [2.75, 3.05) is 0 Å². The molecule has 0 aliphatic carbocycles. The number of rotatable bonds is 3. The Morgan fingerprint density at radius 2 is 1.18 bits per heavy atom. The van der Waals surface area contributed by atoms with E-state index >= 15 is 0 Å². The van der Waals surface area contributed by atoms with E-state index in [1.54, 1.807) is 0 Å². The Balaban J connectivity index is 1.11. The van der Waals surface area contributed by atoms with Crippen LogP contribution >= 0.6 is 11.3 Å². The van der Waals surface area contributed by atoms with Gasteiger partial charge in [0, 0.05) is 43.3 Å². The lowest BCUT2D eigenvalue weighted by Gasteiger charge is -2.14. The highest BCUT2D eigenvalue weighted by Crippen LogP contribution is 2.41. The van der Waals surface area contributed by atoms with E-state index < -0.39 is 0 Å². The molecule has 6 aromatic carbocycles. The van der Waals surface area contributed by atoms with Crippen molar-refractivity contribution in [2.45, 2.75) is 13.8 Å². The van der Waals surface area contributed by atoms with Crippen LogP contribution in [0.2, 0.25) is 0 Å². The molecule has 9 aromatic rings. The Bertz CT molecular complexity index is 2580. The first kappa shape index (κ1) is 25.3. The summed E-state index contributed by atoms with van der Waals surface area (Å²) >= 11 is 1.89. The van der Waals surface area contributed by atoms with Crippen molar-refractivity contribution in [2.24, 2.45) is 0 Å². The number of thiophene rings is 1. The van der Waals surface area contributed by atoms with E-state index in [0.29, 0.717) is 0 Å². The minimum atomic E-state index is 1.00. The maximum absolute atomic E-state index is 4.64. The molecular formula is C41H28N2S. The van der Waals surface area contributed by atoms with Crippen LogP contribution in [-0.2, 0) is 0 Å². The van der Waals surface area contributed by atoms with Crippen LogP contribution in [0.25, 0.3) is 80.9 Å². The lowest BCUT2D eigenvalue weighted by atomic mass is 9.91. The first-order valence-corrected chi connectivity index (χ1v) is 15.9. The number of aromatic nitrogens is 2. The largest absolute Gasteiger partial charge is 0.299 e. The van der Waals surface area contributed by atoms with Crippen molar-refractivity contribution in [3.8, 4) is 33.4 Å². The molecule has 2 nitrogen and oxygen atoms in total. The van der Waals surface area contributed by atoms with Crippen molar-refractivity contribution >= 4 is 58.8 Å². The summed E-state index contributed by atoms with van der Waals surface area (Å²) in [6.45, 7) is 4.47.